The van der Waals surface area contributed by atoms with Crippen LogP contribution in [0.4, 0.5) is 27.8 Å². The maximum Gasteiger partial charge on any atom is 0.458 e. The SMILES string of the molecule is CN1CCN(c2nc3ccc(C(F)(F)C(F)(F)F)cc3c3cn[nH]c23)CC1. The van der Waals surface area contributed by atoms with Crippen LogP contribution in [0, 0.1) is 0 Å². The molecular formula is C17H16F5N5. The summed E-state index contributed by atoms with van der Waals surface area (Å²) in [5.41, 5.74) is -0.238. The minimum atomic E-state index is -5.66. The summed E-state index contributed by atoms with van der Waals surface area (Å²) in [5, 5.41) is 7.42. The van der Waals surface area contributed by atoms with Gasteiger partial charge in [0, 0.05) is 42.5 Å². The van der Waals surface area contributed by atoms with Gasteiger partial charge in [-0.05, 0) is 19.2 Å². The zero-order valence-corrected chi connectivity index (χ0v) is 14.3. The molecule has 0 amide bonds. The molecule has 144 valence electrons. The van der Waals surface area contributed by atoms with Gasteiger partial charge in [-0.1, -0.05) is 6.07 Å². The van der Waals surface area contributed by atoms with Gasteiger partial charge in [-0.25, -0.2) is 4.98 Å². The predicted octanol–water partition coefficient (Wildman–Crippen LogP) is 3.52. The van der Waals surface area contributed by atoms with Crippen LogP contribution in [0.3, 0.4) is 0 Å². The molecule has 1 saturated heterocycles. The largest absolute Gasteiger partial charge is 0.458 e. The van der Waals surface area contributed by atoms with Gasteiger partial charge in [0.15, 0.2) is 5.82 Å². The number of aromatic nitrogens is 3. The third-order valence-corrected chi connectivity index (χ3v) is 4.90. The standard InChI is InChI=1S/C17H16F5N5/c1-26-4-6-27(7-5-26)15-14-12(9-23-25-14)11-8-10(2-3-13(11)24-15)16(18,19)17(20,21)22/h2-3,8-9H,4-7H2,1H3,(H,23,25). The average molecular weight is 385 g/mol. The number of nitrogens with one attached hydrogen (secondary N) is 1. The number of rotatable bonds is 2. The zero-order valence-electron chi connectivity index (χ0n) is 14.3. The maximum absolute atomic E-state index is 13.7. The third-order valence-electron chi connectivity index (χ3n) is 4.90. The number of nitrogens with zero attached hydrogens (tertiary/aromatic N) is 4. The van der Waals surface area contributed by atoms with Crippen molar-refractivity contribution in [2.45, 2.75) is 12.1 Å². The van der Waals surface area contributed by atoms with Crippen LogP contribution < -0.4 is 4.90 Å². The molecular weight excluding hydrogens is 369 g/mol. The van der Waals surface area contributed by atoms with Crippen LogP contribution in [0.15, 0.2) is 24.4 Å². The van der Waals surface area contributed by atoms with Gasteiger partial charge < -0.3 is 9.80 Å². The second-order valence-electron chi connectivity index (χ2n) is 6.69. The van der Waals surface area contributed by atoms with Crippen molar-refractivity contribution in [2.75, 3.05) is 38.1 Å². The van der Waals surface area contributed by atoms with Gasteiger partial charge in [0.1, 0.15) is 5.52 Å². The number of likely N-dealkylation sites (N-methyl/N-ethyl adjacent to an activating group) is 1. The van der Waals surface area contributed by atoms with Crippen LogP contribution in [-0.4, -0.2) is 59.5 Å². The number of aromatic amines is 1. The van der Waals surface area contributed by atoms with Gasteiger partial charge in [-0.15, -0.1) is 0 Å². The summed E-state index contributed by atoms with van der Waals surface area (Å²) < 4.78 is 65.6. The number of benzene rings is 1. The minimum Gasteiger partial charge on any atom is -0.352 e. The van der Waals surface area contributed by atoms with E-state index in [1.54, 1.807) is 0 Å². The molecule has 5 nitrogen and oxygen atoms in total. The molecule has 1 aliphatic heterocycles. The Morgan fingerprint density at radius 2 is 1.70 bits per heavy atom. The van der Waals surface area contributed by atoms with E-state index < -0.39 is 17.7 Å². The van der Waals surface area contributed by atoms with Crippen LogP contribution in [0.2, 0.25) is 0 Å². The smallest absolute Gasteiger partial charge is 0.352 e. The van der Waals surface area contributed by atoms with Gasteiger partial charge in [0.25, 0.3) is 0 Å². The summed E-state index contributed by atoms with van der Waals surface area (Å²) in [7, 11) is 2.01. The van der Waals surface area contributed by atoms with Crippen LogP contribution >= 0.6 is 0 Å². The number of piperazine rings is 1. The Kier molecular flexibility index (Phi) is 3.99. The van der Waals surface area contributed by atoms with E-state index >= 15 is 0 Å². The summed E-state index contributed by atoms with van der Waals surface area (Å²) >= 11 is 0. The lowest BCUT2D eigenvalue weighted by Crippen LogP contribution is -2.44. The number of anilines is 1. The fourth-order valence-electron chi connectivity index (χ4n) is 3.29. The second kappa shape index (κ2) is 6.01. The fourth-order valence-corrected chi connectivity index (χ4v) is 3.29. The van der Waals surface area contributed by atoms with Crippen molar-refractivity contribution in [3.05, 3.63) is 30.0 Å². The Labute approximate surface area is 150 Å². The Hall–Kier alpha value is -2.49. The maximum atomic E-state index is 13.7. The first-order valence-electron chi connectivity index (χ1n) is 8.34. The van der Waals surface area contributed by atoms with Crippen molar-refractivity contribution < 1.29 is 22.0 Å². The Morgan fingerprint density at radius 1 is 1.00 bits per heavy atom. The van der Waals surface area contributed by atoms with Crippen LogP contribution in [0.1, 0.15) is 5.56 Å². The van der Waals surface area contributed by atoms with Crippen molar-refractivity contribution in [3.8, 4) is 0 Å². The molecule has 3 aromatic rings. The van der Waals surface area contributed by atoms with Crippen LogP contribution in [0.25, 0.3) is 21.8 Å². The molecule has 0 aliphatic carbocycles. The van der Waals surface area contributed by atoms with E-state index in [4.69, 9.17) is 0 Å². The number of H-pyrrole nitrogens is 1. The molecule has 3 heterocycles. The summed E-state index contributed by atoms with van der Waals surface area (Å²) in [4.78, 5) is 8.75. The predicted molar refractivity (Wildman–Crippen MR) is 91.1 cm³/mol. The van der Waals surface area contributed by atoms with Gasteiger partial charge in [-0.2, -0.15) is 27.1 Å². The number of hydrogen-bond acceptors (Lipinski definition) is 4. The molecule has 0 bridgehead atoms. The first-order chi connectivity index (χ1) is 12.7. The van der Waals surface area contributed by atoms with E-state index in [9.17, 15) is 22.0 Å². The number of fused-ring (bicyclic) bond motifs is 3. The number of halogens is 5. The van der Waals surface area contributed by atoms with Gasteiger partial charge >= 0.3 is 12.1 Å². The molecule has 27 heavy (non-hydrogen) atoms. The molecule has 4 rings (SSSR count). The van der Waals surface area contributed by atoms with E-state index in [-0.39, 0.29) is 5.39 Å². The fraction of sp³-hybridized carbons (Fsp3) is 0.412. The summed E-state index contributed by atoms with van der Waals surface area (Å²) in [6.07, 6.45) is -4.24. The highest BCUT2D eigenvalue weighted by molar-refractivity contribution is 6.08. The van der Waals surface area contributed by atoms with Crippen molar-refractivity contribution >= 4 is 27.6 Å². The second-order valence-corrected chi connectivity index (χ2v) is 6.69. The van der Waals surface area contributed by atoms with Crippen molar-refractivity contribution in [3.63, 3.8) is 0 Å². The topological polar surface area (TPSA) is 48.1 Å². The lowest BCUT2D eigenvalue weighted by molar-refractivity contribution is -0.289. The van der Waals surface area contributed by atoms with E-state index in [2.05, 4.69) is 25.0 Å². The van der Waals surface area contributed by atoms with E-state index in [0.717, 1.165) is 38.3 Å². The highest BCUT2D eigenvalue weighted by Crippen LogP contribution is 2.45. The quantitative estimate of drug-likeness (QED) is 0.686. The van der Waals surface area contributed by atoms with Crippen molar-refractivity contribution in [2.24, 2.45) is 0 Å². The lowest BCUT2D eigenvalue weighted by Gasteiger charge is -2.33. The molecule has 0 radical (unpaired) electrons. The number of alkyl halides is 5. The Bertz CT molecular complexity index is 988. The van der Waals surface area contributed by atoms with E-state index in [0.29, 0.717) is 22.2 Å². The van der Waals surface area contributed by atoms with Gasteiger partial charge in [0.05, 0.1) is 11.7 Å². The molecule has 2 aromatic heterocycles. The summed E-state index contributed by atoms with van der Waals surface area (Å²) in [5.74, 6) is -4.31. The van der Waals surface area contributed by atoms with E-state index in [1.807, 2.05) is 7.05 Å². The van der Waals surface area contributed by atoms with E-state index in [1.165, 1.54) is 12.3 Å². The number of pyridine rings is 1. The molecule has 1 N–H and O–H groups in total. The first-order valence-corrected chi connectivity index (χ1v) is 8.34. The molecule has 0 spiro atoms. The Balaban J connectivity index is 1.86. The molecule has 10 heteroatoms. The molecule has 0 unspecified atom stereocenters. The molecule has 1 aromatic carbocycles. The van der Waals surface area contributed by atoms with Gasteiger partial charge in [-0.3, -0.25) is 5.10 Å². The molecule has 0 saturated carbocycles. The first kappa shape index (κ1) is 17.9. The average Bonchev–Trinajstić information content (AvgIpc) is 3.10. The normalized spacial score (nSPS) is 17.2. The van der Waals surface area contributed by atoms with Crippen molar-refractivity contribution in [1.29, 1.82) is 0 Å². The third kappa shape index (κ3) is 2.88. The van der Waals surface area contributed by atoms with Gasteiger partial charge in [0.2, 0.25) is 0 Å². The molecule has 1 fully saturated rings. The minimum absolute atomic E-state index is 0.207. The highest BCUT2D eigenvalue weighted by atomic mass is 19.4. The monoisotopic (exact) mass is 385 g/mol. The summed E-state index contributed by atoms with van der Waals surface area (Å²) in [6.45, 7) is 3.14. The lowest BCUT2D eigenvalue weighted by atomic mass is 10.0. The molecule has 0 atom stereocenters. The number of hydrogen-bond donors (Lipinski definition) is 1. The van der Waals surface area contributed by atoms with Crippen LogP contribution in [0.5, 0.6) is 0 Å². The van der Waals surface area contributed by atoms with Crippen LogP contribution in [-0.2, 0) is 5.92 Å². The molecule has 1 aliphatic rings. The zero-order chi connectivity index (χ0) is 19.4. The van der Waals surface area contributed by atoms with Crippen molar-refractivity contribution in [1.82, 2.24) is 20.1 Å². The summed E-state index contributed by atoms with van der Waals surface area (Å²) in [6, 6.07) is 2.83. The highest BCUT2D eigenvalue weighted by Gasteiger charge is 2.58. The Morgan fingerprint density at radius 3 is 2.37 bits per heavy atom.